The van der Waals surface area contributed by atoms with Gasteiger partial charge in [0.1, 0.15) is 18.3 Å². The van der Waals surface area contributed by atoms with Crippen LogP contribution in [0.4, 0.5) is 0 Å². The van der Waals surface area contributed by atoms with Crippen molar-refractivity contribution in [3.8, 4) is 0 Å². The SMILES string of the molecule is COCC(O)[C@]1(CO[Si](c2ccccc2)(c2ccccc2)C(C)(C)C)O[C@@H]2OC(C)(C)O[C@@H]2[C@@H]1OC. The maximum atomic E-state index is 11.4. The molecule has 1 N–H and O–H groups in total. The average molecular weight is 517 g/mol. The van der Waals surface area contributed by atoms with Crippen LogP contribution in [-0.4, -0.2) is 76.8 Å². The lowest BCUT2D eigenvalue weighted by atomic mass is 9.90. The molecule has 7 nitrogen and oxygen atoms in total. The van der Waals surface area contributed by atoms with Crippen molar-refractivity contribution in [3.63, 3.8) is 0 Å². The molecule has 4 rings (SSSR count). The van der Waals surface area contributed by atoms with Crippen molar-refractivity contribution >= 4 is 18.7 Å². The van der Waals surface area contributed by atoms with Gasteiger partial charge in [0, 0.05) is 14.2 Å². The summed E-state index contributed by atoms with van der Waals surface area (Å²) in [6.07, 6.45) is -2.88. The zero-order valence-electron chi connectivity index (χ0n) is 22.4. The van der Waals surface area contributed by atoms with Crippen LogP contribution in [0.5, 0.6) is 0 Å². The molecule has 0 aliphatic carbocycles. The summed E-state index contributed by atoms with van der Waals surface area (Å²) < 4.78 is 37.2. The van der Waals surface area contributed by atoms with Crippen LogP contribution in [0, 0.1) is 0 Å². The van der Waals surface area contributed by atoms with E-state index in [1.807, 2.05) is 50.2 Å². The summed E-state index contributed by atoms with van der Waals surface area (Å²) in [6.45, 7) is 10.4. The summed E-state index contributed by atoms with van der Waals surface area (Å²) in [4.78, 5) is 0. The first kappa shape index (κ1) is 27.4. The fraction of sp³-hybridized carbons (Fsp3) is 0.571. The highest BCUT2D eigenvalue weighted by Gasteiger charge is 2.66. The molecular weight excluding hydrogens is 476 g/mol. The molecule has 0 aromatic heterocycles. The van der Waals surface area contributed by atoms with Crippen LogP contribution in [0.3, 0.4) is 0 Å². The molecule has 0 radical (unpaired) electrons. The first-order valence-electron chi connectivity index (χ1n) is 12.5. The molecule has 2 aliphatic heterocycles. The number of fused-ring (bicyclic) bond motifs is 1. The van der Waals surface area contributed by atoms with Crippen molar-refractivity contribution in [2.24, 2.45) is 0 Å². The van der Waals surface area contributed by atoms with Crippen molar-refractivity contribution in [2.45, 2.75) is 75.6 Å². The standard InChI is InChI=1S/C28H40O7Si/c1-26(2,3)36(20-14-10-8-11-15-20,21-16-12-9-13-17-21)32-19-28(22(29)18-30-6)24(31-7)23-25(35-28)34-27(4,5)33-23/h8-17,22-25,29H,18-19H2,1-7H3/t22?,23-,24+,25+,28+/m1/s1. The van der Waals surface area contributed by atoms with Gasteiger partial charge in [-0.3, -0.25) is 0 Å². The average Bonchev–Trinajstić information content (AvgIpc) is 3.28. The number of hydrogen-bond acceptors (Lipinski definition) is 7. The van der Waals surface area contributed by atoms with Crippen molar-refractivity contribution in [1.82, 2.24) is 0 Å². The first-order chi connectivity index (χ1) is 17.0. The van der Waals surface area contributed by atoms with E-state index < -0.39 is 44.3 Å². The number of rotatable bonds is 9. The van der Waals surface area contributed by atoms with E-state index in [2.05, 4.69) is 45.0 Å². The number of aliphatic hydroxyl groups is 1. The number of aliphatic hydroxyl groups excluding tert-OH is 1. The number of benzene rings is 2. The van der Waals surface area contributed by atoms with Gasteiger partial charge in [0.05, 0.1) is 13.2 Å². The second kappa shape index (κ2) is 10.3. The minimum Gasteiger partial charge on any atom is -0.404 e. The lowest BCUT2D eigenvalue weighted by molar-refractivity contribution is -0.270. The Kier molecular flexibility index (Phi) is 7.82. The van der Waals surface area contributed by atoms with Gasteiger partial charge < -0.3 is 33.2 Å². The van der Waals surface area contributed by atoms with Crippen molar-refractivity contribution in [3.05, 3.63) is 60.7 Å². The number of ether oxygens (including phenoxy) is 5. The summed E-state index contributed by atoms with van der Waals surface area (Å²) >= 11 is 0. The fourth-order valence-corrected chi connectivity index (χ4v) is 10.3. The Morgan fingerprint density at radius 1 is 0.917 bits per heavy atom. The van der Waals surface area contributed by atoms with Crippen LogP contribution in [-0.2, 0) is 28.1 Å². The van der Waals surface area contributed by atoms with Gasteiger partial charge in [0.25, 0.3) is 8.32 Å². The lowest BCUT2D eigenvalue weighted by Gasteiger charge is -2.46. The largest absolute Gasteiger partial charge is 0.404 e. The van der Waals surface area contributed by atoms with Gasteiger partial charge in [0.15, 0.2) is 17.7 Å². The van der Waals surface area contributed by atoms with E-state index in [0.717, 1.165) is 10.4 Å². The molecule has 198 valence electrons. The zero-order chi connectivity index (χ0) is 26.2. The highest BCUT2D eigenvalue weighted by molar-refractivity contribution is 6.99. The molecule has 0 saturated carbocycles. The molecule has 36 heavy (non-hydrogen) atoms. The predicted octanol–water partition coefficient (Wildman–Crippen LogP) is 2.83. The third-order valence-corrected chi connectivity index (χ3v) is 12.3. The van der Waals surface area contributed by atoms with Crippen LogP contribution in [0.25, 0.3) is 0 Å². The highest BCUT2D eigenvalue weighted by Crippen LogP contribution is 2.46. The molecule has 0 amide bonds. The smallest absolute Gasteiger partial charge is 0.261 e. The molecule has 0 spiro atoms. The van der Waals surface area contributed by atoms with E-state index in [0.29, 0.717) is 0 Å². The minimum atomic E-state index is -2.91. The number of methoxy groups -OCH3 is 2. The molecule has 0 bridgehead atoms. The Hall–Kier alpha value is -1.62. The maximum absolute atomic E-state index is 11.4. The highest BCUT2D eigenvalue weighted by atomic mass is 28.4. The molecule has 2 aliphatic rings. The Morgan fingerprint density at radius 2 is 1.47 bits per heavy atom. The molecule has 2 aromatic rings. The van der Waals surface area contributed by atoms with Crippen molar-refractivity contribution in [2.75, 3.05) is 27.4 Å². The molecule has 2 fully saturated rings. The summed E-state index contributed by atoms with van der Waals surface area (Å²) in [5.74, 6) is -0.816. The van der Waals surface area contributed by atoms with Crippen LogP contribution < -0.4 is 10.4 Å². The topological polar surface area (TPSA) is 75.6 Å². The molecule has 8 heteroatoms. The van der Waals surface area contributed by atoms with E-state index in [1.165, 1.54) is 0 Å². The molecule has 1 unspecified atom stereocenters. The van der Waals surface area contributed by atoms with Gasteiger partial charge in [-0.1, -0.05) is 81.4 Å². The van der Waals surface area contributed by atoms with E-state index in [-0.39, 0.29) is 18.3 Å². The van der Waals surface area contributed by atoms with Gasteiger partial charge in [-0.15, -0.1) is 0 Å². The molecule has 2 heterocycles. The Bertz CT molecular complexity index is 954. The van der Waals surface area contributed by atoms with Gasteiger partial charge in [-0.05, 0) is 29.3 Å². The second-order valence-corrected chi connectivity index (χ2v) is 15.4. The third kappa shape index (κ3) is 4.70. The molecule has 2 aromatic carbocycles. The zero-order valence-corrected chi connectivity index (χ0v) is 23.4. The maximum Gasteiger partial charge on any atom is 0.261 e. The summed E-state index contributed by atoms with van der Waals surface area (Å²) in [5, 5.41) is 13.5. The van der Waals surface area contributed by atoms with E-state index in [4.69, 9.17) is 28.1 Å². The summed E-state index contributed by atoms with van der Waals surface area (Å²) in [6, 6.07) is 20.7. The molecular formula is C28H40O7Si. The second-order valence-electron chi connectivity index (χ2n) is 11.1. The van der Waals surface area contributed by atoms with E-state index in [9.17, 15) is 5.11 Å². The Labute approximate surface area is 215 Å². The molecule has 2 saturated heterocycles. The summed E-state index contributed by atoms with van der Waals surface area (Å²) in [7, 11) is 0.240. The van der Waals surface area contributed by atoms with Crippen LogP contribution in [0.15, 0.2) is 60.7 Å². The quantitative estimate of drug-likeness (QED) is 0.514. The van der Waals surface area contributed by atoms with Crippen molar-refractivity contribution < 1.29 is 33.2 Å². The predicted molar refractivity (Wildman–Crippen MR) is 140 cm³/mol. The molecule has 5 atom stereocenters. The monoisotopic (exact) mass is 516 g/mol. The van der Waals surface area contributed by atoms with Crippen LogP contribution in [0.2, 0.25) is 5.04 Å². The van der Waals surface area contributed by atoms with Gasteiger partial charge in [-0.2, -0.15) is 0 Å². The number of hydrogen-bond donors (Lipinski definition) is 1. The van der Waals surface area contributed by atoms with Gasteiger partial charge in [-0.25, -0.2) is 0 Å². The normalized spacial score (nSPS) is 28.7. The lowest BCUT2D eigenvalue weighted by Crippen LogP contribution is -2.69. The fourth-order valence-electron chi connectivity index (χ4n) is 5.71. The Morgan fingerprint density at radius 3 is 1.94 bits per heavy atom. The van der Waals surface area contributed by atoms with Crippen molar-refractivity contribution in [1.29, 1.82) is 0 Å². The van der Waals surface area contributed by atoms with Crippen LogP contribution in [0.1, 0.15) is 34.6 Å². The van der Waals surface area contributed by atoms with E-state index in [1.54, 1.807) is 14.2 Å². The summed E-state index contributed by atoms with van der Waals surface area (Å²) in [5.41, 5.74) is -1.26. The Balaban J connectivity index is 1.80. The van der Waals surface area contributed by atoms with Gasteiger partial charge >= 0.3 is 0 Å². The first-order valence-corrected chi connectivity index (χ1v) is 14.4. The van der Waals surface area contributed by atoms with Crippen LogP contribution >= 0.6 is 0 Å². The van der Waals surface area contributed by atoms with E-state index >= 15 is 0 Å². The van der Waals surface area contributed by atoms with Gasteiger partial charge in [0.2, 0.25) is 0 Å². The third-order valence-electron chi connectivity index (χ3n) is 7.28. The minimum absolute atomic E-state index is 0.0484.